The van der Waals surface area contributed by atoms with Gasteiger partial charge in [-0.2, -0.15) is 0 Å². The maximum absolute atomic E-state index is 13.1. The summed E-state index contributed by atoms with van der Waals surface area (Å²) in [5, 5.41) is 0. The van der Waals surface area contributed by atoms with E-state index in [0.29, 0.717) is 11.3 Å². The Labute approximate surface area is 88.4 Å². The third kappa shape index (κ3) is 3.20. The summed E-state index contributed by atoms with van der Waals surface area (Å²) in [7, 11) is 1.43. The summed E-state index contributed by atoms with van der Waals surface area (Å²) in [6.07, 6.45) is 1.47. The van der Waals surface area contributed by atoms with E-state index in [4.69, 9.17) is 4.74 Å². The highest BCUT2D eigenvalue weighted by Crippen LogP contribution is 2.16. The molecule has 0 unspecified atom stereocenters. The second-order valence-corrected chi connectivity index (χ2v) is 3.47. The van der Waals surface area contributed by atoms with E-state index in [0.717, 1.165) is 5.57 Å². The molecule has 3 heteroatoms. The number of ketones is 1. The number of hydrogen-bond donors (Lipinski definition) is 0. The Kier molecular flexibility index (Phi) is 3.61. The molecule has 1 aromatic carbocycles. The van der Waals surface area contributed by atoms with Gasteiger partial charge >= 0.3 is 0 Å². The van der Waals surface area contributed by atoms with Gasteiger partial charge in [-0.3, -0.25) is 4.79 Å². The van der Waals surface area contributed by atoms with Gasteiger partial charge in [0, 0.05) is 11.6 Å². The van der Waals surface area contributed by atoms with Gasteiger partial charge in [-0.1, -0.05) is 5.57 Å². The number of ether oxygens (including phenoxy) is 1. The van der Waals surface area contributed by atoms with Crippen molar-refractivity contribution < 1.29 is 13.9 Å². The first-order chi connectivity index (χ1) is 7.02. The minimum atomic E-state index is -0.472. The quantitative estimate of drug-likeness (QED) is 0.563. The van der Waals surface area contributed by atoms with Crippen LogP contribution in [0.4, 0.5) is 4.39 Å². The summed E-state index contributed by atoms with van der Waals surface area (Å²) in [5.74, 6) is -0.340. The maximum atomic E-state index is 13.1. The first-order valence-corrected chi connectivity index (χ1v) is 4.56. The molecule has 0 bridgehead atoms. The summed E-state index contributed by atoms with van der Waals surface area (Å²) in [6, 6.07) is 3.95. The van der Waals surface area contributed by atoms with Gasteiger partial charge in [-0.05, 0) is 32.1 Å². The van der Waals surface area contributed by atoms with Crippen LogP contribution in [-0.4, -0.2) is 12.9 Å². The number of allylic oxidation sites excluding steroid dienone is 2. The topological polar surface area (TPSA) is 26.3 Å². The van der Waals surface area contributed by atoms with Gasteiger partial charge in [-0.25, -0.2) is 4.39 Å². The molecule has 0 spiro atoms. The molecular weight excluding hydrogens is 195 g/mol. The van der Waals surface area contributed by atoms with Crippen LogP contribution < -0.4 is 4.74 Å². The Morgan fingerprint density at radius 1 is 1.33 bits per heavy atom. The molecule has 0 heterocycles. The molecule has 0 saturated heterocycles. The number of benzene rings is 1. The molecule has 0 saturated carbocycles. The van der Waals surface area contributed by atoms with Crippen molar-refractivity contribution in [2.45, 2.75) is 13.8 Å². The lowest BCUT2D eigenvalue weighted by molar-refractivity contribution is 0.104. The molecule has 80 valence electrons. The first kappa shape index (κ1) is 11.4. The molecule has 1 rings (SSSR count). The van der Waals surface area contributed by atoms with Crippen LogP contribution in [0.2, 0.25) is 0 Å². The molecule has 0 aliphatic heterocycles. The van der Waals surface area contributed by atoms with Crippen molar-refractivity contribution in [3.63, 3.8) is 0 Å². The Morgan fingerprint density at radius 3 is 2.53 bits per heavy atom. The fourth-order valence-corrected chi connectivity index (χ4v) is 1.17. The third-order valence-corrected chi connectivity index (χ3v) is 1.81. The van der Waals surface area contributed by atoms with Gasteiger partial charge in [0.2, 0.25) is 0 Å². The minimum Gasteiger partial charge on any atom is -0.497 e. The van der Waals surface area contributed by atoms with E-state index in [1.807, 2.05) is 13.8 Å². The van der Waals surface area contributed by atoms with Crippen LogP contribution in [0.5, 0.6) is 5.75 Å². The van der Waals surface area contributed by atoms with E-state index in [1.165, 1.54) is 31.4 Å². The SMILES string of the molecule is COc1cc(F)cc(C(=O)C=C(C)C)c1. The third-order valence-electron chi connectivity index (χ3n) is 1.81. The Balaban J connectivity index is 3.09. The van der Waals surface area contributed by atoms with E-state index in [9.17, 15) is 9.18 Å². The zero-order valence-corrected chi connectivity index (χ0v) is 9.00. The summed E-state index contributed by atoms with van der Waals surface area (Å²) < 4.78 is 17.9. The lowest BCUT2D eigenvalue weighted by atomic mass is 10.1. The molecule has 15 heavy (non-hydrogen) atoms. The molecule has 1 aromatic rings. The molecule has 0 aliphatic carbocycles. The van der Waals surface area contributed by atoms with Crippen LogP contribution in [0.25, 0.3) is 0 Å². The number of carbonyl (C=O) groups excluding carboxylic acids is 1. The zero-order valence-electron chi connectivity index (χ0n) is 9.00. The summed E-state index contributed by atoms with van der Waals surface area (Å²) in [6.45, 7) is 3.63. The van der Waals surface area contributed by atoms with Crippen LogP contribution in [-0.2, 0) is 0 Å². The van der Waals surface area contributed by atoms with E-state index in [-0.39, 0.29) is 5.78 Å². The van der Waals surface area contributed by atoms with Crippen LogP contribution in [0, 0.1) is 5.82 Å². The summed E-state index contributed by atoms with van der Waals surface area (Å²) >= 11 is 0. The minimum absolute atomic E-state index is 0.215. The van der Waals surface area contributed by atoms with Crippen molar-refractivity contribution in [1.29, 1.82) is 0 Å². The highest BCUT2D eigenvalue weighted by molar-refractivity contribution is 6.05. The highest BCUT2D eigenvalue weighted by atomic mass is 19.1. The van der Waals surface area contributed by atoms with E-state index < -0.39 is 5.82 Å². The van der Waals surface area contributed by atoms with Crippen LogP contribution >= 0.6 is 0 Å². The highest BCUT2D eigenvalue weighted by Gasteiger charge is 2.06. The average molecular weight is 208 g/mol. The summed E-state index contributed by atoms with van der Waals surface area (Å²) in [4.78, 5) is 11.6. The standard InChI is InChI=1S/C12H13FO2/c1-8(2)4-12(14)9-5-10(13)7-11(6-9)15-3/h4-7H,1-3H3. The van der Waals surface area contributed by atoms with Gasteiger partial charge in [0.25, 0.3) is 0 Å². The second kappa shape index (κ2) is 4.73. The fraction of sp³-hybridized carbons (Fsp3) is 0.250. The fourth-order valence-electron chi connectivity index (χ4n) is 1.17. The average Bonchev–Trinajstić information content (AvgIpc) is 2.15. The molecule has 0 N–H and O–H groups in total. The lowest BCUT2D eigenvalue weighted by Gasteiger charge is -2.02. The van der Waals surface area contributed by atoms with Crippen LogP contribution in [0.1, 0.15) is 24.2 Å². The Bertz CT molecular complexity index is 404. The van der Waals surface area contributed by atoms with Gasteiger partial charge < -0.3 is 4.74 Å². The van der Waals surface area contributed by atoms with E-state index >= 15 is 0 Å². The lowest BCUT2D eigenvalue weighted by Crippen LogP contribution is -1.97. The molecule has 0 fully saturated rings. The van der Waals surface area contributed by atoms with Crippen LogP contribution in [0.3, 0.4) is 0 Å². The first-order valence-electron chi connectivity index (χ1n) is 4.56. The van der Waals surface area contributed by atoms with Crippen molar-refractivity contribution in [1.82, 2.24) is 0 Å². The Hall–Kier alpha value is -1.64. The molecule has 2 nitrogen and oxygen atoms in total. The number of hydrogen-bond acceptors (Lipinski definition) is 2. The normalized spacial score (nSPS) is 9.60. The van der Waals surface area contributed by atoms with Crippen molar-refractivity contribution in [2.24, 2.45) is 0 Å². The molecule has 0 aliphatic rings. The van der Waals surface area contributed by atoms with E-state index in [2.05, 4.69) is 0 Å². The number of rotatable bonds is 3. The van der Waals surface area contributed by atoms with Crippen LogP contribution in [0.15, 0.2) is 29.8 Å². The van der Waals surface area contributed by atoms with Crippen molar-refractivity contribution >= 4 is 5.78 Å². The van der Waals surface area contributed by atoms with E-state index in [1.54, 1.807) is 0 Å². The molecule has 0 aromatic heterocycles. The van der Waals surface area contributed by atoms with Gasteiger partial charge in [0.1, 0.15) is 11.6 Å². The largest absolute Gasteiger partial charge is 0.497 e. The molecular formula is C12H13FO2. The van der Waals surface area contributed by atoms with Gasteiger partial charge in [0.15, 0.2) is 5.78 Å². The van der Waals surface area contributed by atoms with Crippen molar-refractivity contribution in [3.8, 4) is 5.75 Å². The van der Waals surface area contributed by atoms with Crippen molar-refractivity contribution in [3.05, 3.63) is 41.2 Å². The zero-order chi connectivity index (χ0) is 11.4. The summed E-state index contributed by atoms with van der Waals surface area (Å²) in [5.41, 5.74) is 1.18. The van der Waals surface area contributed by atoms with Gasteiger partial charge in [0.05, 0.1) is 7.11 Å². The molecule has 0 atom stereocenters. The number of halogens is 1. The molecule has 0 radical (unpaired) electrons. The smallest absolute Gasteiger partial charge is 0.186 e. The number of methoxy groups -OCH3 is 1. The predicted molar refractivity (Wildman–Crippen MR) is 56.7 cm³/mol. The predicted octanol–water partition coefficient (Wildman–Crippen LogP) is 2.98. The second-order valence-electron chi connectivity index (χ2n) is 3.47. The number of carbonyl (C=O) groups is 1. The monoisotopic (exact) mass is 208 g/mol. The van der Waals surface area contributed by atoms with Gasteiger partial charge in [-0.15, -0.1) is 0 Å². The maximum Gasteiger partial charge on any atom is 0.186 e. The Morgan fingerprint density at radius 2 is 2.00 bits per heavy atom. The molecule has 0 amide bonds. The van der Waals surface area contributed by atoms with Crippen molar-refractivity contribution in [2.75, 3.05) is 7.11 Å².